The van der Waals surface area contributed by atoms with E-state index in [2.05, 4.69) is 10.6 Å². The number of carbonyl (C=O) groups excluding carboxylic acids is 3. The molecule has 130 valence electrons. The van der Waals surface area contributed by atoms with Crippen LogP contribution in [-0.2, 0) is 4.79 Å². The van der Waals surface area contributed by atoms with Gasteiger partial charge >= 0.3 is 0 Å². The first kappa shape index (κ1) is 18.0. The monoisotopic (exact) mass is 341 g/mol. The third kappa shape index (κ3) is 5.07. The van der Waals surface area contributed by atoms with Crippen LogP contribution in [-0.4, -0.2) is 30.9 Å². The average Bonchev–Trinajstić information content (AvgIpc) is 2.61. The van der Waals surface area contributed by atoms with Gasteiger partial charge in [-0.1, -0.05) is 12.1 Å². The molecule has 4 N–H and O–H groups in total. The van der Waals surface area contributed by atoms with Gasteiger partial charge in [0.1, 0.15) is 5.75 Å². The summed E-state index contributed by atoms with van der Waals surface area (Å²) < 4.78 is 5.39. The summed E-state index contributed by atoms with van der Waals surface area (Å²) in [4.78, 5) is 35.1. The number of carbonyl (C=O) groups is 3. The fraction of sp³-hybridized carbons (Fsp3) is 0.167. The minimum atomic E-state index is -0.543. The summed E-state index contributed by atoms with van der Waals surface area (Å²) in [7, 11) is 0. The Kier molecular flexibility index (Phi) is 6.11. The standard InChI is InChI=1S/C18H19N3O4/c1-2-25-15-6-4-3-5-14(15)18(24)20-11-16(22)21-13-9-7-12(8-10-13)17(19)23/h3-10H,2,11H2,1H3,(H2,19,23)(H,20,24)(H,21,22). The van der Waals surface area contributed by atoms with Crippen LogP contribution in [0.4, 0.5) is 5.69 Å². The highest BCUT2D eigenvalue weighted by atomic mass is 16.5. The molecule has 7 heteroatoms. The van der Waals surface area contributed by atoms with E-state index < -0.39 is 17.7 Å². The van der Waals surface area contributed by atoms with Crippen LogP contribution in [0.5, 0.6) is 5.75 Å². The molecule has 25 heavy (non-hydrogen) atoms. The predicted molar refractivity (Wildman–Crippen MR) is 93.5 cm³/mol. The van der Waals surface area contributed by atoms with Crippen molar-refractivity contribution in [1.29, 1.82) is 0 Å². The molecule has 0 unspecified atom stereocenters. The quantitative estimate of drug-likeness (QED) is 0.709. The molecule has 7 nitrogen and oxygen atoms in total. The largest absolute Gasteiger partial charge is 0.493 e. The summed E-state index contributed by atoms with van der Waals surface area (Å²) in [5.41, 5.74) is 6.36. The highest BCUT2D eigenvalue weighted by Crippen LogP contribution is 2.17. The van der Waals surface area contributed by atoms with Crippen molar-refractivity contribution in [1.82, 2.24) is 5.32 Å². The smallest absolute Gasteiger partial charge is 0.255 e. The van der Waals surface area contributed by atoms with Crippen LogP contribution in [0, 0.1) is 0 Å². The Morgan fingerprint density at radius 1 is 1.04 bits per heavy atom. The number of ether oxygens (including phenoxy) is 1. The van der Waals surface area contributed by atoms with Crippen molar-refractivity contribution < 1.29 is 19.1 Å². The van der Waals surface area contributed by atoms with E-state index in [-0.39, 0.29) is 6.54 Å². The lowest BCUT2D eigenvalue weighted by Gasteiger charge is -2.10. The fourth-order valence-corrected chi connectivity index (χ4v) is 2.11. The first-order valence-electron chi connectivity index (χ1n) is 7.71. The Morgan fingerprint density at radius 3 is 2.36 bits per heavy atom. The van der Waals surface area contributed by atoms with Crippen molar-refractivity contribution in [2.45, 2.75) is 6.92 Å². The predicted octanol–water partition coefficient (Wildman–Crippen LogP) is 1.55. The molecule has 0 spiro atoms. The molecule has 0 bridgehead atoms. The summed E-state index contributed by atoms with van der Waals surface area (Å²) in [6, 6.07) is 12.9. The highest BCUT2D eigenvalue weighted by molar-refractivity contribution is 6.01. The van der Waals surface area contributed by atoms with Crippen molar-refractivity contribution in [3.8, 4) is 5.75 Å². The van der Waals surface area contributed by atoms with Gasteiger partial charge in [-0.2, -0.15) is 0 Å². The van der Waals surface area contributed by atoms with Crippen LogP contribution in [0.1, 0.15) is 27.6 Å². The first-order chi connectivity index (χ1) is 12.0. The number of amides is 3. The fourth-order valence-electron chi connectivity index (χ4n) is 2.11. The molecule has 0 radical (unpaired) electrons. The van der Waals surface area contributed by atoms with Crippen LogP contribution in [0.2, 0.25) is 0 Å². The number of anilines is 1. The molecular formula is C18H19N3O4. The van der Waals surface area contributed by atoms with Gasteiger partial charge in [0.15, 0.2) is 0 Å². The third-order valence-electron chi connectivity index (χ3n) is 3.29. The summed E-state index contributed by atoms with van der Waals surface area (Å²) in [6.07, 6.45) is 0. The molecule has 0 atom stereocenters. The van der Waals surface area contributed by atoms with Gasteiger partial charge in [0.2, 0.25) is 11.8 Å². The van der Waals surface area contributed by atoms with Crippen molar-refractivity contribution in [2.75, 3.05) is 18.5 Å². The number of primary amides is 1. The minimum absolute atomic E-state index is 0.198. The Morgan fingerprint density at radius 2 is 1.72 bits per heavy atom. The molecule has 2 rings (SSSR count). The molecule has 0 fully saturated rings. The lowest BCUT2D eigenvalue weighted by molar-refractivity contribution is -0.115. The van der Waals surface area contributed by atoms with Gasteiger partial charge in [-0.05, 0) is 43.3 Å². The molecule has 0 heterocycles. The summed E-state index contributed by atoms with van der Waals surface area (Å²) in [5, 5.41) is 5.16. The number of para-hydroxylation sites is 1. The molecule has 0 aliphatic heterocycles. The molecule has 0 saturated carbocycles. The van der Waals surface area contributed by atoms with Gasteiger partial charge in [0.05, 0.1) is 18.7 Å². The molecule has 2 aromatic rings. The van der Waals surface area contributed by atoms with Crippen molar-refractivity contribution in [3.63, 3.8) is 0 Å². The van der Waals surface area contributed by atoms with Gasteiger partial charge in [-0.15, -0.1) is 0 Å². The van der Waals surface area contributed by atoms with Gasteiger partial charge < -0.3 is 21.1 Å². The van der Waals surface area contributed by atoms with Crippen LogP contribution >= 0.6 is 0 Å². The van der Waals surface area contributed by atoms with E-state index in [0.717, 1.165) is 0 Å². The summed E-state index contributed by atoms with van der Waals surface area (Å²) >= 11 is 0. The Labute approximate surface area is 145 Å². The maximum absolute atomic E-state index is 12.2. The number of hydrogen-bond donors (Lipinski definition) is 3. The zero-order valence-electron chi connectivity index (χ0n) is 13.7. The molecule has 3 amide bonds. The average molecular weight is 341 g/mol. The Hall–Kier alpha value is -3.35. The maximum Gasteiger partial charge on any atom is 0.255 e. The van der Waals surface area contributed by atoms with Crippen LogP contribution in [0.25, 0.3) is 0 Å². The van der Waals surface area contributed by atoms with Gasteiger partial charge in [-0.3, -0.25) is 14.4 Å². The second kappa shape index (κ2) is 8.49. The van der Waals surface area contributed by atoms with E-state index in [9.17, 15) is 14.4 Å². The molecular weight excluding hydrogens is 322 g/mol. The van der Waals surface area contributed by atoms with E-state index in [0.29, 0.717) is 29.2 Å². The Balaban J connectivity index is 1.91. The molecule has 0 aliphatic rings. The number of nitrogens with one attached hydrogen (secondary N) is 2. The number of benzene rings is 2. The zero-order chi connectivity index (χ0) is 18.2. The van der Waals surface area contributed by atoms with Gasteiger partial charge in [0.25, 0.3) is 5.91 Å². The zero-order valence-corrected chi connectivity index (χ0v) is 13.7. The van der Waals surface area contributed by atoms with E-state index in [1.807, 2.05) is 6.92 Å². The van der Waals surface area contributed by atoms with Crippen LogP contribution in [0.15, 0.2) is 48.5 Å². The second-order valence-corrected chi connectivity index (χ2v) is 5.10. The van der Waals surface area contributed by atoms with Gasteiger partial charge in [-0.25, -0.2) is 0 Å². The molecule has 0 aromatic heterocycles. The van der Waals surface area contributed by atoms with E-state index in [1.165, 1.54) is 12.1 Å². The second-order valence-electron chi connectivity index (χ2n) is 5.10. The van der Waals surface area contributed by atoms with Crippen LogP contribution < -0.4 is 21.1 Å². The van der Waals surface area contributed by atoms with Crippen LogP contribution in [0.3, 0.4) is 0 Å². The Bertz CT molecular complexity index is 772. The third-order valence-corrected chi connectivity index (χ3v) is 3.29. The number of rotatable bonds is 7. The molecule has 2 aromatic carbocycles. The maximum atomic E-state index is 12.2. The topological polar surface area (TPSA) is 111 Å². The van der Waals surface area contributed by atoms with E-state index >= 15 is 0 Å². The number of hydrogen-bond acceptors (Lipinski definition) is 4. The van der Waals surface area contributed by atoms with Crippen molar-refractivity contribution >= 4 is 23.4 Å². The van der Waals surface area contributed by atoms with E-state index in [4.69, 9.17) is 10.5 Å². The van der Waals surface area contributed by atoms with Gasteiger partial charge in [0, 0.05) is 11.3 Å². The van der Waals surface area contributed by atoms with Crippen molar-refractivity contribution in [2.24, 2.45) is 5.73 Å². The lowest BCUT2D eigenvalue weighted by atomic mass is 10.2. The summed E-state index contributed by atoms with van der Waals surface area (Å²) in [6.45, 7) is 2.06. The molecule has 0 aliphatic carbocycles. The molecule has 0 saturated heterocycles. The van der Waals surface area contributed by atoms with E-state index in [1.54, 1.807) is 36.4 Å². The van der Waals surface area contributed by atoms with Crippen molar-refractivity contribution in [3.05, 3.63) is 59.7 Å². The highest BCUT2D eigenvalue weighted by Gasteiger charge is 2.13. The minimum Gasteiger partial charge on any atom is -0.493 e. The lowest BCUT2D eigenvalue weighted by Crippen LogP contribution is -2.33. The summed E-state index contributed by atoms with van der Waals surface area (Å²) in [5.74, 6) is -0.875. The number of nitrogens with two attached hydrogens (primary N) is 1. The normalized spacial score (nSPS) is 9.96. The first-order valence-corrected chi connectivity index (χ1v) is 7.71. The SMILES string of the molecule is CCOc1ccccc1C(=O)NCC(=O)Nc1ccc(C(N)=O)cc1.